The Balaban J connectivity index is 0.00000140. The van der Waals surface area contributed by atoms with Gasteiger partial charge in [0.2, 0.25) is 0 Å². The summed E-state index contributed by atoms with van der Waals surface area (Å²) in [5.74, 6) is 0.802. The summed E-state index contributed by atoms with van der Waals surface area (Å²) in [5, 5.41) is 6.45. The molecular formula is C21H29Cl3N4O. The van der Waals surface area contributed by atoms with Crippen molar-refractivity contribution in [3.05, 3.63) is 54.1 Å². The number of nitrogens with one attached hydrogen (secondary N) is 2. The average molecular weight is 460 g/mol. The SMILES string of the molecule is Cl.Cl.Cl.Nc1ccccc1NC(=O)c1ccc(NC2CCN(CC3CC3)C2)cc1. The van der Waals surface area contributed by atoms with Crippen molar-refractivity contribution in [3.63, 3.8) is 0 Å². The lowest BCUT2D eigenvalue weighted by molar-refractivity contribution is 0.102. The van der Waals surface area contributed by atoms with Crippen molar-refractivity contribution in [3.8, 4) is 0 Å². The molecule has 160 valence electrons. The number of likely N-dealkylation sites (tertiary alicyclic amines) is 1. The summed E-state index contributed by atoms with van der Waals surface area (Å²) in [5.41, 5.74) is 8.78. The predicted octanol–water partition coefficient (Wildman–Crippen LogP) is 4.68. The van der Waals surface area contributed by atoms with E-state index in [2.05, 4.69) is 15.5 Å². The van der Waals surface area contributed by atoms with Gasteiger partial charge in [0.15, 0.2) is 0 Å². The summed E-state index contributed by atoms with van der Waals surface area (Å²) in [6.07, 6.45) is 4.00. The number of halogens is 3. The molecule has 8 heteroatoms. The van der Waals surface area contributed by atoms with Crippen LogP contribution in [0, 0.1) is 5.92 Å². The Bertz CT molecular complexity index is 784. The summed E-state index contributed by atoms with van der Waals surface area (Å²) < 4.78 is 0. The average Bonchev–Trinajstić information content (AvgIpc) is 3.35. The van der Waals surface area contributed by atoms with Gasteiger partial charge in [0, 0.05) is 36.9 Å². The van der Waals surface area contributed by atoms with Crippen molar-refractivity contribution >= 4 is 60.2 Å². The fraction of sp³-hybridized carbons (Fsp3) is 0.381. The summed E-state index contributed by atoms with van der Waals surface area (Å²) in [7, 11) is 0. The van der Waals surface area contributed by atoms with Gasteiger partial charge in [0.25, 0.3) is 5.91 Å². The van der Waals surface area contributed by atoms with Crippen molar-refractivity contribution in [2.75, 3.05) is 36.0 Å². The normalized spacial score (nSPS) is 18.0. The van der Waals surface area contributed by atoms with Gasteiger partial charge in [-0.2, -0.15) is 0 Å². The van der Waals surface area contributed by atoms with Crippen LogP contribution in [0.1, 0.15) is 29.6 Å². The lowest BCUT2D eigenvalue weighted by Gasteiger charge is -2.17. The molecule has 0 aromatic heterocycles. The smallest absolute Gasteiger partial charge is 0.255 e. The van der Waals surface area contributed by atoms with Crippen LogP contribution in [0.5, 0.6) is 0 Å². The first-order valence-electron chi connectivity index (χ1n) is 9.42. The molecule has 1 unspecified atom stereocenters. The minimum absolute atomic E-state index is 0. The summed E-state index contributed by atoms with van der Waals surface area (Å²) >= 11 is 0. The number of rotatable bonds is 6. The summed E-state index contributed by atoms with van der Waals surface area (Å²) in [4.78, 5) is 15.0. The van der Waals surface area contributed by atoms with Crippen LogP contribution in [0.4, 0.5) is 17.1 Å². The number of hydrogen-bond donors (Lipinski definition) is 3. The number of nitrogens with zero attached hydrogens (tertiary/aromatic N) is 1. The minimum Gasteiger partial charge on any atom is -0.397 e. The molecule has 4 rings (SSSR count). The van der Waals surface area contributed by atoms with E-state index in [0.717, 1.165) is 18.2 Å². The molecule has 1 aliphatic carbocycles. The maximum atomic E-state index is 12.4. The molecule has 0 bridgehead atoms. The molecule has 2 aromatic rings. The highest BCUT2D eigenvalue weighted by molar-refractivity contribution is 6.05. The van der Waals surface area contributed by atoms with E-state index in [4.69, 9.17) is 5.73 Å². The maximum absolute atomic E-state index is 12.4. The maximum Gasteiger partial charge on any atom is 0.255 e. The third-order valence-electron chi connectivity index (χ3n) is 5.21. The van der Waals surface area contributed by atoms with Gasteiger partial charge in [0.05, 0.1) is 11.4 Å². The molecule has 1 amide bonds. The van der Waals surface area contributed by atoms with Crippen molar-refractivity contribution in [2.24, 2.45) is 5.92 Å². The van der Waals surface area contributed by atoms with Crippen LogP contribution in [0.2, 0.25) is 0 Å². The van der Waals surface area contributed by atoms with Gasteiger partial charge in [-0.05, 0) is 61.6 Å². The van der Waals surface area contributed by atoms with E-state index in [1.807, 2.05) is 36.4 Å². The van der Waals surface area contributed by atoms with E-state index in [0.29, 0.717) is 23.0 Å². The number of nitrogen functional groups attached to an aromatic ring is 1. The van der Waals surface area contributed by atoms with Crippen LogP contribution in [0.15, 0.2) is 48.5 Å². The Morgan fingerprint density at radius 1 is 1.00 bits per heavy atom. The van der Waals surface area contributed by atoms with Crippen LogP contribution < -0.4 is 16.4 Å². The zero-order valence-corrected chi connectivity index (χ0v) is 18.6. The first-order valence-corrected chi connectivity index (χ1v) is 9.42. The number of hydrogen-bond acceptors (Lipinski definition) is 4. The van der Waals surface area contributed by atoms with Crippen molar-refractivity contribution in [1.82, 2.24) is 4.90 Å². The topological polar surface area (TPSA) is 70.4 Å². The first kappa shape index (κ1) is 25.4. The Morgan fingerprint density at radius 2 is 1.69 bits per heavy atom. The second-order valence-corrected chi connectivity index (χ2v) is 7.45. The van der Waals surface area contributed by atoms with Gasteiger partial charge in [-0.1, -0.05) is 12.1 Å². The zero-order valence-electron chi connectivity index (χ0n) is 16.2. The fourth-order valence-electron chi connectivity index (χ4n) is 3.54. The van der Waals surface area contributed by atoms with Gasteiger partial charge in [-0.25, -0.2) is 0 Å². The lowest BCUT2D eigenvalue weighted by atomic mass is 10.1. The molecule has 1 saturated heterocycles. The van der Waals surface area contributed by atoms with E-state index < -0.39 is 0 Å². The fourth-order valence-corrected chi connectivity index (χ4v) is 3.54. The summed E-state index contributed by atoms with van der Waals surface area (Å²) in [6, 6.07) is 15.4. The predicted molar refractivity (Wildman–Crippen MR) is 128 cm³/mol. The monoisotopic (exact) mass is 458 g/mol. The molecule has 1 heterocycles. The highest BCUT2D eigenvalue weighted by Crippen LogP contribution is 2.31. The van der Waals surface area contributed by atoms with Gasteiger partial charge in [-0.15, -0.1) is 37.2 Å². The van der Waals surface area contributed by atoms with Crippen LogP contribution in [0.3, 0.4) is 0 Å². The van der Waals surface area contributed by atoms with Gasteiger partial charge >= 0.3 is 0 Å². The van der Waals surface area contributed by atoms with E-state index in [1.165, 1.54) is 32.4 Å². The molecule has 1 atom stereocenters. The Labute approximate surface area is 191 Å². The summed E-state index contributed by atoms with van der Waals surface area (Å²) in [6.45, 7) is 3.57. The Kier molecular flexibility index (Phi) is 10.1. The van der Waals surface area contributed by atoms with Crippen molar-refractivity contribution in [1.29, 1.82) is 0 Å². The first-order chi connectivity index (χ1) is 12.7. The minimum atomic E-state index is -0.147. The zero-order chi connectivity index (χ0) is 17.9. The van der Waals surface area contributed by atoms with Gasteiger partial charge in [0.1, 0.15) is 0 Å². The third-order valence-corrected chi connectivity index (χ3v) is 5.21. The molecule has 1 aliphatic heterocycles. The Hall–Kier alpha value is -1.66. The standard InChI is InChI=1S/C21H26N4O.3ClH/c22-19-3-1-2-4-20(19)24-21(26)16-7-9-17(10-8-16)23-18-11-12-25(14-18)13-15-5-6-15;;;/h1-4,7-10,15,18,23H,5-6,11-14,22H2,(H,24,26);3*1H. The Morgan fingerprint density at radius 3 is 2.34 bits per heavy atom. The number of para-hydroxylation sites is 2. The van der Waals surface area contributed by atoms with Crippen LogP contribution in [-0.4, -0.2) is 36.5 Å². The number of carbonyl (C=O) groups is 1. The molecule has 2 aliphatic rings. The second kappa shape index (κ2) is 11.5. The van der Waals surface area contributed by atoms with Gasteiger partial charge in [-0.3, -0.25) is 4.79 Å². The number of anilines is 3. The number of benzene rings is 2. The number of nitrogens with two attached hydrogens (primary N) is 1. The van der Waals surface area contributed by atoms with E-state index in [9.17, 15) is 4.79 Å². The molecular weight excluding hydrogens is 431 g/mol. The molecule has 2 fully saturated rings. The molecule has 29 heavy (non-hydrogen) atoms. The number of amides is 1. The van der Waals surface area contributed by atoms with Crippen molar-refractivity contribution in [2.45, 2.75) is 25.3 Å². The highest BCUT2D eigenvalue weighted by Gasteiger charge is 2.29. The van der Waals surface area contributed by atoms with E-state index >= 15 is 0 Å². The molecule has 0 spiro atoms. The molecule has 0 radical (unpaired) electrons. The van der Waals surface area contributed by atoms with Gasteiger partial charge < -0.3 is 21.3 Å². The van der Waals surface area contributed by atoms with Crippen LogP contribution >= 0.6 is 37.2 Å². The molecule has 4 N–H and O–H groups in total. The number of carbonyl (C=O) groups excluding carboxylic acids is 1. The second-order valence-electron chi connectivity index (χ2n) is 7.45. The van der Waals surface area contributed by atoms with Crippen LogP contribution in [0.25, 0.3) is 0 Å². The van der Waals surface area contributed by atoms with E-state index in [1.54, 1.807) is 12.1 Å². The molecule has 5 nitrogen and oxygen atoms in total. The van der Waals surface area contributed by atoms with Crippen LogP contribution in [-0.2, 0) is 0 Å². The highest BCUT2D eigenvalue weighted by atomic mass is 35.5. The third kappa shape index (κ3) is 6.96. The quantitative estimate of drug-likeness (QED) is 0.548. The lowest BCUT2D eigenvalue weighted by Crippen LogP contribution is -2.27. The largest absolute Gasteiger partial charge is 0.397 e. The van der Waals surface area contributed by atoms with E-state index in [-0.39, 0.29) is 43.1 Å². The van der Waals surface area contributed by atoms with Crippen molar-refractivity contribution < 1.29 is 4.79 Å². The molecule has 2 aromatic carbocycles. The molecule has 1 saturated carbocycles.